The molecule has 0 spiro atoms. The predicted octanol–water partition coefficient (Wildman–Crippen LogP) is 5.25. The maximum absolute atomic E-state index is 12.6. The molecule has 1 aromatic heterocycles. The summed E-state index contributed by atoms with van der Waals surface area (Å²) in [6.45, 7) is 6.48. The van der Waals surface area contributed by atoms with E-state index in [1.807, 2.05) is 18.2 Å². The molecular formula is C23H22N4O. The highest BCUT2D eigenvalue weighted by Crippen LogP contribution is 2.31. The van der Waals surface area contributed by atoms with Crippen LogP contribution < -0.4 is 10.6 Å². The molecular weight excluding hydrogens is 348 g/mol. The molecule has 5 nitrogen and oxygen atoms in total. The average Bonchev–Trinajstić information content (AvgIpc) is 2.68. The number of carbonyl (C=O) groups excluding carboxylic acids is 1. The molecule has 1 amide bonds. The molecule has 0 saturated carbocycles. The third kappa shape index (κ3) is 4.54. The molecule has 140 valence electrons. The molecule has 3 aromatic rings. The van der Waals surface area contributed by atoms with Crippen molar-refractivity contribution in [1.29, 1.82) is 5.26 Å². The van der Waals surface area contributed by atoms with E-state index in [4.69, 9.17) is 5.26 Å². The third-order valence-corrected chi connectivity index (χ3v) is 4.29. The second-order valence-electron chi connectivity index (χ2n) is 7.53. The maximum atomic E-state index is 12.6. The Morgan fingerprint density at radius 3 is 2.39 bits per heavy atom. The van der Waals surface area contributed by atoms with Gasteiger partial charge in [0.25, 0.3) is 5.91 Å². The molecule has 0 atom stereocenters. The summed E-state index contributed by atoms with van der Waals surface area (Å²) in [5.74, 6) is -0.259. The van der Waals surface area contributed by atoms with Gasteiger partial charge in [0.15, 0.2) is 0 Å². The number of hydrogen-bond donors (Lipinski definition) is 2. The van der Waals surface area contributed by atoms with Gasteiger partial charge in [0, 0.05) is 17.6 Å². The Morgan fingerprint density at radius 1 is 1.00 bits per heavy atom. The number of hydrogen-bond acceptors (Lipinski definition) is 4. The zero-order valence-corrected chi connectivity index (χ0v) is 16.2. The van der Waals surface area contributed by atoms with Gasteiger partial charge < -0.3 is 10.6 Å². The molecule has 0 radical (unpaired) electrons. The first-order valence-electron chi connectivity index (χ1n) is 9.00. The van der Waals surface area contributed by atoms with E-state index in [1.165, 1.54) is 11.8 Å². The van der Waals surface area contributed by atoms with Gasteiger partial charge >= 0.3 is 0 Å². The number of nitrogens with zero attached hydrogens (tertiary/aromatic N) is 2. The second-order valence-corrected chi connectivity index (χ2v) is 7.53. The number of carbonyl (C=O) groups is 1. The minimum absolute atomic E-state index is 0.0123. The summed E-state index contributed by atoms with van der Waals surface area (Å²) in [6, 6.07) is 18.7. The van der Waals surface area contributed by atoms with Crippen LogP contribution in [0.25, 0.3) is 0 Å². The van der Waals surface area contributed by atoms with Crippen molar-refractivity contribution in [3.63, 3.8) is 0 Å². The van der Waals surface area contributed by atoms with Crippen molar-refractivity contribution in [2.75, 3.05) is 10.6 Å². The van der Waals surface area contributed by atoms with E-state index in [1.54, 1.807) is 36.5 Å². The Bertz CT molecular complexity index is 1030. The van der Waals surface area contributed by atoms with Gasteiger partial charge in [-0.05, 0) is 47.4 Å². The van der Waals surface area contributed by atoms with E-state index in [-0.39, 0.29) is 11.3 Å². The molecule has 5 heteroatoms. The largest absolute Gasteiger partial charge is 0.354 e. The van der Waals surface area contributed by atoms with Crippen molar-refractivity contribution in [3.8, 4) is 6.07 Å². The summed E-state index contributed by atoms with van der Waals surface area (Å²) in [7, 11) is 0. The molecule has 3 rings (SSSR count). The number of anilines is 3. The Hall–Kier alpha value is -3.65. The number of nitriles is 1. The van der Waals surface area contributed by atoms with E-state index in [9.17, 15) is 4.79 Å². The molecule has 0 bridgehead atoms. The second kappa shape index (κ2) is 7.93. The smallest absolute Gasteiger partial charge is 0.257 e. The van der Waals surface area contributed by atoms with Gasteiger partial charge in [0.1, 0.15) is 0 Å². The average molecular weight is 370 g/mol. The molecule has 0 aliphatic carbocycles. The lowest BCUT2D eigenvalue weighted by atomic mass is 9.86. The van der Waals surface area contributed by atoms with E-state index in [0.717, 1.165) is 11.4 Å². The van der Waals surface area contributed by atoms with Crippen LogP contribution in [0.3, 0.4) is 0 Å². The molecule has 1 heterocycles. The van der Waals surface area contributed by atoms with E-state index in [2.05, 4.69) is 48.5 Å². The lowest BCUT2D eigenvalue weighted by molar-refractivity contribution is 0.102. The summed E-state index contributed by atoms with van der Waals surface area (Å²) in [6.07, 6.45) is 3.22. The fourth-order valence-corrected chi connectivity index (χ4v) is 2.87. The number of aromatic nitrogens is 1. The van der Waals surface area contributed by atoms with Crippen molar-refractivity contribution in [2.24, 2.45) is 0 Å². The van der Waals surface area contributed by atoms with Gasteiger partial charge in [-0.15, -0.1) is 0 Å². The van der Waals surface area contributed by atoms with Crippen LogP contribution in [-0.2, 0) is 5.41 Å². The lowest BCUT2D eigenvalue weighted by Crippen LogP contribution is -2.14. The molecule has 0 aliphatic rings. The van der Waals surface area contributed by atoms with Crippen molar-refractivity contribution >= 4 is 23.0 Å². The van der Waals surface area contributed by atoms with Gasteiger partial charge in [0.2, 0.25) is 0 Å². The lowest BCUT2D eigenvalue weighted by Gasteiger charge is -2.23. The number of nitrogens with one attached hydrogen (secondary N) is 2. The van der Waals surface area contributed by atoms with Gasteiger partial charge in [-0.1, -0.05) is 39.0 Å². The Labute approximate surface area is 165 Å². The molecule has 0 aliphatic heterocycles. The molecule has 0 saturated heterocycles. The minimum atomic E-state index is -0.259. The Balaban J connectivity index is 1.79. The van der Waals surface area contributed by atoms with Crippen molar-refractivity contribution in [3.05, 3.63) is 83.7 Å². The topological polar surface area (TPSA) is 77.8 Å². The van der Waals surface area contributed by atoms with Crippen molar-refractivity contribution < 1.29 is 4.79 Å². The number of amides is 1. The van der Waals surface area contributed by atoms with Gasteiger partial charge in [0.05, 0.1) is 29.1 Å². The summed E-state index contributed by atoms with van der Waals surface area (Å²) >= 11 is 0. The van der Waals surface area contributed by atoms with Crippen LogP contribution in [0.4, 0.5) is 17.1 Å². The quantitative estimate of drug-likeness (QED) is 0.658. The fourth-order valence-electron chi connectivity index (χ4n) is 2.87. The van der Waals surface area contributed by atoms with Crippen molar-refractivity contribution in [2.45, 2.75) is 26.2 Å². The number of para-hydroxylation sites is 1. The number of pyridine rings is 1. The van der Waals surface area contributed by atoms with Crippen LogP contribution in [0.1, 0.15) is 42.3 Å². The highest BCUT2D eigenvalue weighted by atomic mass is 16.1. The summed E-state index contributed by atoms with van der Waals surface area (Å²) in [4.78, 5) is 16.8. The molecule has 28 heavy (non-hydrogen) atoms. The minimum Gasteiger partial charge on any atom is -0.354 e. The first-order chi connectivity index (χ1) is 13.4. The predicted molar refractivity (Wildman–Crippen MR) is 112 cm³/mol. The maximum Gasteiger partial charge on any atom is 0.257 e. The normalized spacial score (nSPS) is 10.8. The zero-order valence-electron chi connectivity index (χ0n) is 16.2. The highest BCUT2D eigenvalue weighted by molar-refractivity contribution is 6.04. The van der Waals surface area contributed by atoms with Crippen LogP contribution in [0.15, 0.2) is 67.0 Å². The SMILES string of the molecule is CC(C)(C)c1ccccc1Nc1cncc(C(=O)Nc2ccc(C#N)cc2)c1. The summed E-state index contributed by atoms with van der Waals surface area (Å²) in [5.41, 5.74) is 4.51. The van der Waals surface area contributed by atoms with Crippen LogP contribution >= 0.6 is 0 Å². The highest BCUT2D eigenvalue weighted by Gasteiger charge is 2.17. The van der Waals surface area contributed by atoms with Crippen LogP contribution in [0.5, 0.6) is 0 Å². The first-order valence-corrected chi connectivity index (χ1v) is 9.00. The monoisotopic (exact) mass is 370 g/mol. The number of rotatable bonds is 4. The van der Waals surface area contributed by atoms with Crippen LogP contribution in [0.2, 0.25) is 0 Å². The van der Waals surface area contributed by atoms with E-state index >= 15 is 0 Å². The number of benzene rings is 2. The van der Waals surface area contributed by atoms with Crippen molar-refractivity contribution in [1.82, 2.24) is 4.98 Å². The fraction of sp³-hybridized carbons (Fsp3) is 0.174. The molecule has 0 fully saturated rings. The van der Waals surface area contributed by atoms with Gasteiger partial charge in [-0.25, -0.2) is 0 Å². The standard InChI is InChI=1S/C23H22N4O/c1-23(2,3)20-6-4-5-7-21(20)26-19-12-17(14-25-15-19)22(28)27-18-10-8-16(13-24)9-11-18/h4-12,14-15,26H,1-3H3,(H,27,28). The first kappa shape index (κ1) is 19.1. The van der Waals surface area contributed by atoms with Gasteiger partial charge in [-0.3, -0.25) is 9.78 Å². The van der Waals surface area contributed by atoms with Crippen LogP contribution in [-0.4, -0.2) is 10.9 Å². The van der Waals surface area contributed by atoms with E-state index in [0.29, 0.717) is 16.8 Å². The Morgan fingerprint density at radius 2 is 1.71 bits per heavy atom. The van der Waals surface area contributed by atoms with Crippen LogP contribution in [0, 0.1) is 11.3 Å². The molecule has 0 unspecified atom stereocenters. The summed E-state index contributed by atoms with van der Waals surface area (Å²) in [5, 5.41) is 15.1. The van der Waals surface area contributed by atoms with Gasteiger partial charge in [-0.2, -0.15) is 5.26 Å². The third-order valence-electron chi connectivity index (χ3n) is 4.29. The molecule has 2 N–H and O–H groups in total. The zero-order chi connectivity index (χ0) is 20.1. The Kier molecular flexibility index (Phi) is 5.42. The molecule has 2 aromatic carbocycles. The van der Waals surface area contributed by atoms with E-state index < -0.39 is 0 Å². The summed E-state index contributed by atoms with van der Waals surface area (Å²) < 4.78 is 0.